The van der Waals surface area contributed by atoms with Crippen molar-refractivity contribution in [3.8, 4) is 0 Å². The van der Waals surface area contributed by atoms with E-state index in [0.29, 0.717) is 0 Å². The summed E-state index contributed by atoms with van der Waals surface area (Å²) in [6, 6.07) is 0. The first-order valence-corrected chi connectivity index (χ1v) is 8.67. The number of nitrogens with zero attached hydrogens (tertiary/aromatic N) is 3. The van der Waals surface area contributed by atoms with Gasteiger partial charge >= 0.3 is 0 Å². The van der Waals surface area contributed by atoms with Crippen LogP contribution in [0, 0.1) is 18.8 Å². The van der Waals surface area contributed by atoms with E-state index in [1.807, 2.05) is 0 Å². The summed E-state index contributed by atoms with van der Waals surface area (Å²) in [7, 11) is 2.11. The molecule has 3 rings (SSSR count). The highest BCUT2D eigenvalue weighted by atomic mass is 15.4. The molecule has 2 aliphatic rings. The molecule has 2 fully saturated rings. The maximum Gasteiger partial charge on any atom is 0.131 e. The zero-order valence-electron chi connectivity index (χ0n) is 13.9. The summed E-state index contributed by atoms with van der Waals surface area (Å²) in [4.78, 5) is 2.64. The Morgan fingerprint density at radius 3 is 2.33 bits per heavy atom. The van der Waals surface area contributed by atoms with Crippen LogP contribution in [-0.4, -0.2) is 29.4 Å². The van der Waals surface area contributed by atoms with Gasteiger partial charge < -0.3 is 10.2 Å². The number of aryl methyl sites for hydroxylation is 2. The van der Waals surface area contributed by atoms with Crippen molar-refractivity contribution in [2.75, 3.05) is 24.5 Å². The standard InChI is InChI=1S/C17H30N4/c1-4-9-18-10-16-13(2)19-20(3)17(16)21(11-14-5-6-14)12-15-7-8-15/h14-15,18H,4-12H2,1-3H3. The van der Waals surface area contributed by atoms with Gasteiger partial charge in [-0.2, -0.15) is 5.10 Å². The van der Waals surface area contributed by atoms with E-state index < -0.39 is 0 Å². The summed E-state index contributed by atoms with van der Waals surface area (Å²) < 4.78 is 2.11. The highest BCUT2D eigenvalue weighted by molar-refractivity contribution is 5.50. The molecule has 0 aromatic carbocycles. The third-order valence-corrected chi connectivity index (χ3v) is 4.69. The first-order chi connectivity index (χ1) is 10.2. The number of anilines is 1. The monoisotopic (exact) mass is 290 g/mol. The van der Waals surface area contributed by atoms with Crippen molar-refractivity contribution in [2.24, 2.45) is 18.9 Å². The molecule has 1 N–H and O–H groups in total. The summed E-state index contributed by atoms with van der Waals surface area (Å²) in [6.07, 6.45) is 6.86. The van der Waals surface area contributed by atoms with Gasteiger partial charge in [0.1, 0.15) is 5.82 Å². The number of hydrogen-bond donors (Lipinski definition) is 1. The summed E-state index contributed by atoms with van der Waals surface area (Å²) >= 11 is 0. The largest absolute Gasteiger partial charge is 0.356 e. The summed E-state index contributed by atoms with van der Waals surface area (Å²) in [6.45, 7) is 8.87. The quantitative estimate of drug-likeness (QED) is 0.710. The predicted molar refractivity (Wildman–Crippen MR) is 87.6 cm³/mol. The molecule has 0 saturated heterocycles. The highest BCUT2D eigenvalue weighted by Crippen LogP contribution is 2.37. The maximum absolute atomic E-state index is 4.70. The van der Waals surface area contributed by atoms with Crippen molar-refractivity contribution in [1.82, 2.24) is 15.1 Å². The van der Waals surface area contributed by atoms with Gasteiger partial charge in [0.25, 0.3) is 0 Å². The second-order valence-corrected chi connectivity index (χ2v) is 6.98. The lowest BCUT2D eigenvalue weighted by Crippen LogP contribution is -2.31. The minimum absolute atomic E-state index is 0.926. The second kappa shape index (κ2) is 6.39. The highest BCUT2D eigenvalue weighted by Gasteiger charge is 2.31. The van der Waals surface area contributed by atoms with Crippen molar-refractivity contribution < 1.29 is 0 Å². The fraction of sp³-hybridized carbons (Fsp3) is 0.824. The van der Waals surface area contributed by atoms with Crippen LogP contribution in [0.15, 0.2) is 0 Å². The first kappa shape index (κ1) is 14.9. The van der Waals surface area contributed by atoms with Gasteiger partial charge in [0.15, 0.2) is 0 Å². The molecule has 21 heavy (non-hydrogen) atoms. The maximum atomic E-state index is 4.70. The molecule has 2 aliphatic carbocycles. The van der Waals surface area contributed by atoms with Crippen molar-refractivity contribution in [3.05, 3.63) is 11.3 Å². The molecule has 118 valence electrons. The van der Waals surface area contributed by atoms with E-state index in [0.717, 1.165) is 24.9 Å². The van der Waals surface area contributed by atoms with E-state index in [9.17, 15) is 0 Å². The number of rotatable bonds is 9. The molecule has 0 spiro atoms. The minimum atomic E-state index is 0.926. The van der Waals surface area contributed by atoms with Gasteiger partial charge in [-0.1, -0.05) is 6.92 Å². The third-order valence-electron chi connectivity index (χ3n) is 4.69. The normalized spacial score (nSPS) is 18.2. The van der Waals surface area contributed by atoms with Crippen LogP contribution >= 0.6 is 0 Å². The Kier molecular flexibility index (Phi) is 4.53. The topological polar surface area (TPSA) is 33.1 Å². The number of aromatic nitrogens is 2. The van der Waals surface area contributed by atoms with Crippen LogP contribution in [0.5, 0.6) is 0 Å². The zero-order valence-corrected chi connectivity index (χ0v) is 13.9. The van der Waals surface area contributed by atoms with E-state index in [2.05, 4.69) is 35.8 Å². The molecule has 1 aromatic heterocycles. The van der Waals surface area contributed by atoms with Crippen LogP contribution in [0.1, 0.15) is 50.3 Å². The van der Waals surface area contributed by atoms with Gasteiger partial charge in [-0.3, -0.25) is 4.68 Å². The van der Waals surface area contributed by atoms with E-state index in [1.165, 1.54) is 62.3 Å². The lowest BCUT2D eigenvalue weighted by molar-refractivity contribution is 0.629. The molecule has 2 saturated carbocycles. The molecule has 0 unspecified atom stereocenters. The Bertz CT molecular complexity index is 457. The molecule has 4 heteroatoms. The van der Waals surface area contributed by atoms with Gasteiger partial charge in [0, 0.05) is 32.2 Å². The van der Waals surface area contributed by atoms with Crippen LogP contribution in [0.3, 0.4) is 0 Å². The molecule has 0 amide bonds. The van der Waals surface area contributed by atoms with Crippen LogP contribution < -0.4 is 10.2 Å². The molecule has 4 nitrogen and oxygen atoms in total. The zero-order chi connectivity index (χ0) is 14.8. The smallest absolute Gasteiger partial charge is 0.131 e. The molecular formula is C17H30N4. The molecular weight excluding hydrogens is 260 g/mol. The minimum Gasteiger partial charge on any atom is -0.356 e. The van der Waals surface area contributed by atoms with Gasteiger partial charge in [-0.25, -0.2) is 0 Å². The average molecular weight is 290 g/mol. The van der Waals surface area contributed by atoms with E-state index >= 15 is 0 Å². The molecule has 0 atom stereocenters. The Labute approximate surface area is 128 Å². The van der Waals surface area contributed by atoms with Crippen molar-refractivity contribution in [1.29, 1.82) is 0 Å². The van der Waals surface area contributed by atoms with Gasteiger partial charge in [-0.05, 0) is 57.4 Å². The van der Waals surface area contributed by atoms with E-state index in [4.69, 9.17) is 5.10 Å². The fourth-order valence-electron chi connectivity index (χ4n) is 3.15. The SMILES string of the molecule is CCCNCc1c(C)nn(C)c1N(CC1CC1)CC1CC1. The van der Waals surface area contributed by atoms with Crippen LogP contribution in [0.2, 0.25) is 0 Å². The molecule has 1 aromatic rings. The number of nitrogens with one attached hydrogen (secondary N) is 1. The second-order valence-electron chi connectivity index (χ2n) is 6.98. The Morgan fingerprint density at radius 2 is 1.81 bits per heavy atom. The van der Waals surface area contributed by atoms with Crippen molar-refractivity contribution >= 4 is 5.82 Å². The lowest BCUT2D eigenvalue weighted by atomic mass is 10.2. The molecule has 0 aliphatic heterocycles. The van der Waals surface area contributed by atoms with Gasteiger partial charge in [-0.15, -0.1) is 0 Å². The average Bonchev–Trinajstić information content (AvgIpc) is 3.33. The summed E-state index contributed by atoms with van der Waals surface area (Å²) in [5, 5.41) is 8.26. The van der Waals surface area contributed by atoms with Crippen LogP contribution in [0.25, 0.3) is 0 Å². The third kappa shape index (κ3) is 3.79. The Balaban J connectivity index is 1.78. The summed E-state index contributed by atoms with van der Waals surface area (Å²) in [5.41, 5.74) is 2.60. The lowest BCUT2D eigenvalue weighted by Gasteiger charge is -2.26. The predicted octanol–water partition coefficient (Wildman–Crippen LogP) is 2.85. The Morgan fingerprint density at radius 1 is 1.19 bits per heavy atom. The molecule has 1 heterocycles. The van der Waals surface area contributed by atoms with Gasteiger partial charge in [0.05, 0.1) is 5.69 Å². The Hall–Kier alpha value is -1.03. The van der Waals surface area contributed by atoms with Crippen molar-refractivity contribution in [2.45, 2.75) is 52.5 Å². The van der Waals surface area contributed by atoms with Crippen LogP contribution in [0.4, 0.5) is 5.82 Å². The van der Waals surface area contributed by atoms with E-state index in [1.54, 1.807) is 0 Å². The fourth-order valence-corrected chi connectivity index (χ4v) is 3.15. The van der Waals surface area contributed by atoms with Gasteiger partial charge in [0.2, 0.25) is 0 Å². The number of hydrogen-bond acceptors (Lipinski definition) is 3. The van der Waals surface area contributed by atoms with Crippen molar-refractivity contribution in [3.63, 3.8) is 0 Å². The summed E-state index contributed by atoms with van der Waals surface area (Å²) in [5.74, 6) is 3.22. The van der Waals surface area contributed by atoms with Crippen LogP contribution in [-0.2, 0) is 13.6 Å². The molecule has 0 bridgehead atoms. The molecule has 0 radical (unpaired) electrons. The first-order valence-electron chi connectivity index (χ1n) is 8.67. The van der Waals surface area contributed by atoms with E-state index in [-0.39, 0.29) is 0 Å².